The van der Waals surface area contributed by atoms with Gasteiger partial charge in [-0.25, -0.2) is 4.98 Å². The third-order valence-corrected chi connectivity index (χ3v) is 3.92. The van der Waals surface area contributed by atoms with Gasteiger partial charge in [0.2, 0.25) is 0 Å². The van der Waals surface area contributed by atoms with Gasteiger partial charge in [0.1, 0.15) is 5.82 Å². The maximum atomic E-state index is 12.5. The maximum absolute atomic E-state index is 12.5. The second-order valence-corrected chi connectivity index (χ2v) is 5.53. The number of benzene rings is 2. The molecule has 0 aliphatic carbocycles. The van der Waals surface area contributed by atoms with E-state index in [1.165, 1.54) is 4.68 Å². The van der Waals surface area contributed by atoms with Gasteiger partial charge in [0.25, 0.3) is 5.56 Å². The van der Waals surface area contributed by atoms with Crippen molar-refractivity contribution in [3.63, 3.8) is 0 Å². The zero-order valence-electron chi connectivity index (χ0n) is 11.6. The lowest BCUT2D eigenvalue weighted by atomic mass is 10.2. The molecule has 0 bridgehead atoms. The Bertz CT molecular complexity index is 948. The summed E-state index contributed by atoms with van der Waals surface area (Å²) in [6.07, 6.45) is 1.55. The Hall–Kier alpha value is -2.17. The van der Waals surface area contributed by atoms with Gasteiger partial charge < -0.3 is 0 Å². The first-order chi connectivity index (χ1) is 10.6. The Morgan fingerprint density at radius 2 is 1.91 bits per heavy atom. The Balaban J connectivity index is 2.08. The number of hydrogen-bond donors (Lipinski definition) is 0. The van der Waals surface area contributed by atoms with Crippen LogP contribution in [-0.2, 0) is 0 Å². The number of aryl methyl sites for hydroxylation is 1. The van der Waals surface area contributed by atoms with Crippen LogP contribution in [0, 0.1) is 6.92 Å². The van der Waals surface area contributed by atoms with E-state index < -0.39 is 0 Å². The van der Waals surface area contributed by atoms with E-state index in [4.69, 9.17) is 23.2 Å². The molecule has 22 heavy (non-hydrogen) atoms. The van der Waals surface area contributed by atoms with Crippen LogP contribution >= 0.6 is 23.2 Å². The van der Waals surface area contributed by atoms with Gasteiger partial charge in [-0.3, -0.25) is 4.79 Å². The molecule has 0 atom stereocenters. The predicted octanol–water partition coefficient (Wildman–Crippen LogP) is 3.89. The molecule has 0 amide bonds. The molecule has 1 heterocycles. The monoisotopic (exact) mass is 331 g/mol. The molecular formula is C16H11Cl2N3O. The summed E-state index contributed by atoms with van der Waals surface area (Å²) in [6.45, 7) is 1.74. The molecule has 0 saturated heterocycles. The summed E-state index contributed by atoms with van der Waals surface area (Å²) in [6, 6.07) is 12.3. The molecule has 3 rings (SSSR count). The van der Waals surface area contributed by atoms with Gasteiger partial charge in [0.05, 0.1) is 27.2 Å². The Labute approximate surface area is 136 Å². The summed E-state index contributed by atoms with van der Waals surface area (Å²) in [5.41, 5.74) is 1.19. The van der Waals surface area contributed by atoms with Crippen molar-refractivity contribution >= 4 is 40.3 Å². The predicted molar refractivity (Wildman–Crippen MR) is 90.2 cm³/mol. The molecule has 0 saturated carbocycles. The fraction of sp³-hybridized carbons (Fsp3) is 0.0625. The SMILES string of the molecule is Cc1nc2ccccc2c(=O)n1/N=C\c1ccc(Cl)c(Cl)c1. The van der Waals surface area contributed by atoms with E-state index >= 15 is 0 Å². The molecule has 0 N–H and O–H groups in total. The van der Waals surface area contributed by atoms with Crippen LogP contribution < -0.4 is 5.56 Å². The van der Waals surface area contributed by atoms with Gasteiger partial charge >= 0.3 is 0 Å². The molecule has 0 aliphatic rings. The van der Waals surface area contributed by atoms with Gasteiger partial charge in [-0.2, -0.15) is 9.78 Å². The maximum Gasteiger partial charge on any atom is 0.282 e. The molecule has 1 aromatic heterocycles. The van der Waals surface area contributed by atoms with Crippen molar-refractivity contribution in [2.24, 2.45) is 5.10 Å². The highest BCUT2D eigenvalue weighted by Gasteiger charge is 2.06. The smallest absolute Gasteiger partial charge is 0.267 e. The van der Waals surface area contributed by atoms with Gasteiger partial charge in [-0.15, -0.1) is 0 Å². The number of nitrogens with zero attached hydrogens (tertiary/aromatic N) is 3. The molecule has 3 aromatic rings. The topological polar surface area (TPSA) is 47.2 Å². The molecule has 0 radical (unpaired) electrons. The number of fused-ring (bicyclic) bond motifs is 1. The Morgan fingerprint density at radius 3 is 2.68 bits per heavy atom. The normalized spacial score (nSPS) is 11.4. The summed E-state index contributed by atoms with van der Waals surface area (Å²) >= 11 is 11.8. The zero-order valence-corrected chi connectivity index (χ0v) is 13.1. The van der Waals surface area contributed by atoms with Crippen LogP contribution in [0.2, 0.25) is 10.0 Å². The third-order valence-electron chi connectivity index (χ3n) is 3.18. The summed E-state index contributed by atoms with van der Waals surface area (Å²) < 4.78 is 1.27. The number of halogens is 2. The summed E-state index contributed by atoms with van der Waals surface area (Å²) in [4.78, 5) is 16.8. The largest absolute Gasteiger partial charge is 0.282 e. The molecule has 4 nitrogen and oxygen atoms in total. The van der Waals surface area contributed by atoms with Crippen LogP contribution in [0.25, 0.3) is 10.9 Å². The van der Waals surface area contributed by atoms with Crippen LogP contribution in [-0.4, -0.2) is 15.9 Å². The van der Waals surface area contributed by atoms with Crippen molar-refractivity contribution < 1.29 is 0 Å². The van der Waals surface area contributed by atoms with Crippen molar-refractivity contribution in [1.82, 2.24) is 9.66 Å². The first-order valence-corrected chi connectivity index (χ1v) is 7.29. The summed E-state index contributed by atoms with van der Waals surface area (Å²) in [5, 5.41) is 5.65. The number of aromatic nitrogens is 2. The second-order valence-electron chi connectivity index (χ2n) is 4.71. The highest BCUT2D eigenvalue weighted by Crippen LogP contribution is 2.21. The quantitative estimate of drug-likeness (QED) is 0.668. The van der Waals surface area contributed by atoms with Crippen LogP contribution in [0.1, 0.15) is 11.4 Å². The fourth-order valence-corrected chi connectivity index (χ4v) is 2.39. The lowest BCUT2D eigenvalue weighted by Gasteiger charge is -2.05. The summed E-state index contributed by atoms with van der Waals surface area (Å²) in [7, 11) is 0. The molecule has 0 fully saturated rings. The second kappa shape index (κ2) is 5.91. The number of hydrogen-bond acceptors (Lipinski definition) is 3. The number of rotatable bonds is 2. The minimum absolute atomic E-state index is 0.209. The van der Waals surface area contributed by atoms with Crippen molar-refractivity contribution in [1.29, 1.82) is 0 Å². The van der Waals surface area contributed by atoms with Crippen molar-refractivity contribution in [3.8, 4) is 0 Å². The van der Waals surface area contributed by atoms with Crippen LogP contribution in [0.5, 0.6) is 0 Å². The Morgan fingerprint density at radius 1 is 1.14 bits per heavy atom. The molecule has 0 aliphatic heterocycles. The van der Waals surface area contributed by atoms with Crippen LogP contribution in [0.4, 0.5) is 0 Å². The molecule has 0 unspecified atom stereocenters. The fourth-order valence-electron chi connectivity index (χ4n) is 2.09. The highest BCUT2D eigenvalue weighted by molar-refractivity contribution is 6.42. The van der Waals surface area contributed by atoms with E-state index in [0.717, 1.165) is 5.56 Å². The van der Waals surface area contributed by atoms with E-state index in [1.54, 1.807) is 49.5 Å². The molecule has 0 spiro atoms. The Kier molecular flexibility index (Phi) is 3.96. The molecule has 2 aromatic carbocycles. The van der Waals surface area contributed by atoms with Crippen LogP contribution in [0.3, 0.4) is 0 Å². The van der Waals surface area contributed by atoms with E-state index in [9.17, 15) is 4.79 Å². The van der Waals surface area contributed by atoms with Gasteiger partial charge in [0, 0.05) is 0 Å². The van der Waals surface area contributed by atoms with Crippen molar-refractivity contribution in [2.75, 3.05) is 0 Å². The minimum atomic E-state index is -0.209. The zero-order chi connectivity index (χ0) is 15.7. The molecule has 110 valence electrons. The average molecular weight is 332 g/mol. The van der Waals surface area contributed by atoms with E-state index in [0.29, 0.717) is 26.8 Å². The highest BCUT2D eigenvalue weighted by atomic mass is 35.5. The van der Waals surface area contributed by atoms with Crippen molar-refractivity contribution in [2.45, 2.75) is 6.92 Å². The summed E-state index contributed by atoms with van der Waals surface area (Å²) in [5.74, 6) is 0.514. The minimum Gasteiger partial charge on any atom is -0.267 e. The lowest BCUT2D eigenvalue weighted by molar-refractivity contribution is 0.771. The number of para-hydroxylation sites is 1. The van der Waals surface area contributed by atoms with Gasteiger partial charge in [-0.1, -0.05) is 41.4 Å². The van der Waals surface area contributed by atoms with E-state index in [-0.39, 0.29) is 5.56 Å². The van der Waals surface area contributed by atoms with Crippen molar-refractivity contribution in [3.05, 3.63) is 74.3 Å². The van der Waals surface area contributed by atoms with Gasteiger partial charge in [0.15, 0.2) is 0 Å². The first-order valence-electron chi connectivity index (χ1n) is 6.54. The first kappa shape index (κ1) is 14.8. The van der Waals surface area contributed by atoms with E-state index in [1.807, 2.05) is 6.07 Å². The van der Waals surface area contributed by atoms with E-state index in [2.05, 4.69) is 10.1 Å². The average Bonchev–Trinajstić information content (AvgIpc) is 2.50. The molecular weight excluding hydrogens is 321 g/mol. The third kappa shape index (κ3) is 2.75. The lowest BCUT2D eigenvalue weighted by Crippen LogP contribution is -2.20. The standard InChI is InChI=1S/C16H11Cl2N3O/c1-10-20-15-5-3-2-4-12(15)16(22)21(10)19-9-11-6-7-13(17)14(18)8-11/h2-9H,1H3/b19-9-. The molecule has 6 heteroatoms. The van der Waals surface area contributed by atoms with Crippen LogP contribution in [0.15, 0.2) is 52.4 Å². The van der Waals surface area contributed by atoms with Gasteiger partial charge in [-0.05, 0) is 36.8 Å².